The van der Waals surface area contributed by atoms with Crippen molar-refractivity contribution in [2.45, 2.75) is 20.5 Å². The molecule has 0 saturated heterocycles. The molecule has 0 radical (unpaired) electrons. The maximum atomic E-state index is 11.9. The van der Waals surface area contributed by atoms with Crippen LogP contribution in [0.3, 0.4) is 0 Å². The Balaban J connectivity index is 1.51. The molecule has 26 heavy (non-hydrogen) atoms. The average Bonchev–Trinajstić information content (AvgIpc) is 3.09. The number of ether oxygens (including phenoxy) is 2. The Hall–Kier alpha value is -2.37. The van der Waals surface area contributed by atoms with Gasteiger partial charge in [-0.15, -0.1) is 11.3 Å². The van der Waals surface area contributed by atoms with E-state index in [1.54, 1.807) is 18.2 Å². The van der Waals surface area contributed by atoms with E-state index in [-0.39, 0.29) is 13.2 Å². The van der Waals surface area contributed by atoms with E-state index < -0.39 is 5.97 Å². The van der Waals surface area contributed by atoms with Crippen LogP contribution in [0.15, 0.2) is 47.8 Å². The van der Waals surface area contributed by atoms with Gasteiger partial charge in [0.25, 0.3) is 0 Å². The molecule has 134 valence electrons. The number of aromatic nitrogens is 1. The predicted molar refractivity (Wildman–Crippen MR) is 104 cm³/mol. The van der Waals surface area contributed by atoms with Crippen molar-refractivity contribution in [2.75, 3.05) is 6.61 Å². The number of rotatable bonds is 6. The molecule has 0 bridgehead atoms. The zero-order valence-corrected chi connectivity index (χ0v) is 16.1. The Kier molecular flexibility index (Phi) is 5.91. The second-order valence-electron chi connectivity index (χ2n) is 5.87. The first-order valence-corrected chi connectivity index (χ1v) is 9.33. The second-order valence-corrected chi connectivity index (χ2v) is 7.16. The molecule has 3 aromatic rings. The summed E-state index contributed by atoms with van der Waals surface area (Å²) >= 11 is 7.43. The summed E-state index contributed by atoms with van der Waals surface area (Å²) in [5.74, 6) is 0.172. The van der Waals surface area contributed by atoms with Crippen LogP contribution in [0, 0.1) is 13.8 Å². The summed E-state index contributed by atoms with van der Waals surface area (Å²) in [5, 5.41) is 3.43. The van der Waals surface area contributed by atoms with Crippen molar-refractivity contribution >= 4 is 28.9 Å². The van der Waals surface area contributed by atoms with Crippen molar-refractivity contribution in [3.05, 3.63) is 69.7 Å². The van der Waals surface area contributed by atoms with Crippen molar-refractivity contribution in [1.29, 1.82) is 0 Å². The third kappa shape index (κ3) is 4.84. The fourth-order valence-electron chi connectivity index (χ4n) is 2.31. The van der Waals surface area contributed by atoms with Gasteiger partial charge in [-0.2, -0.15) is 0 Å². The average molecular weight is 388 g/mol. The molecule has 1 heterocycles. The number of carbonyl (C=O) groups is 1. The lowest BCUT2D eigenvalue weighted by Gasteiger charge is -2.08. The smallest absolute Gasteiger partial charge is 0.344 e. The molecule has 0 unspecified atom stereocenters. The number of hydrogen-bond donors (Lipinski definition) is 0. The van der Waals surface area contributed by atoms with Gasteiger partial charge >= 0.3 is 5.97 Å². The first-order valence-electron chi connectivity index (χ1n) is 8.07. The zero-order valence-electron chi connectivity index (χ0n) is 14.5. The first-order chi connectivity index (χ1) is 12.5. The van der Waals surface area contributed by atoms with Gasteiger partial charge in [0.15, 0.2) is 6.61 Å². The molecule has 0 fully saturated rings. The van der Waals surface area contributed by atoms with Gasteiger partial charge in [0.05, 0.1) is 5.69 Å². The maximum Gasteiger partial charge on any atom is 0.344 e. The number of hydrogen-bond acceptors (Lipinski definition) is 5. The van der Waals surface area contributed by atoms with Crippen molar-refractivity contribution in [3.63, 3.8) is 0 Å². The highest BCUT2D eigenvalue weighted by atomic mass is 35.5. The van der Waals surface area contributed by atoms with Crippen LogP contribution in [-0.4, -0.2) is 17.6 Å². The van der Waals surface area contributed by atoms with Gasteiger partial charge in [-0.05, 0) is 37.6 Å². The van der Waals surface area contributed by atoms with E-state index in [4.69, 9.17) is 21.1 Å². The van der Waals surface area contributed by atoms with E-state index in [9.17, 15) is 4.79 Å². The van der Waals surface area contributed by atoms with Crippen LogP contribution in [0.4, 0.5) is 0 Å². The summed E-state index contributed by atoms with van der Waals surface area (Å²) in [6.45, 7) is 3.89. The van der Waals surface area contributed by atoms with Gasteiger partial charge in [-0.1, -0.05) is 41.4 Å². The van der Waals surface area contributed by atoms with Gasteiger partial charge in [-0.3, -0.25) is 0 Å². The Morgan fingerprint density at radius 1 is 1.15 bits per heavy atom. The summed E-state index contributed by atoms with van der Waals surface area (Å²) < 4.78 is 10.7. The van der Waals surface area contributed by atoms with Gasteiger partial charge in [0.2, 0.25) is 0 Å². The van der Waals surface area contributed by atoms with Gasteiger partial charge < -0.3 is 9.47 Å². The Morgan fingerprint density at radius 3 is 2.65 bits per heavy atom. The van der Waals surface area contributed by atoms with Crippen LogP contribution in [0.25, 0.3) is 10.6 Å². The minimum Gasteiger partial charge on any atom is -0.482 e. The van der Waals surface area contributed by atoms with E-state index >= 15 is 0 Å². The van der Waals surface area contributed by atoms with Crippen LogP contribution in [-0.2, 0) is 16.1 Å². The summed E-state index contributed by atoms with van der Waals surface area (Å²) in [7, 11) is 0. The molecule has 4 nitrogen and oxygen atoms in total. The zero-order chi connectivity index (χ0) is 18.5. The minimum atomic E-state index is -0.441. The molecule has 0 aliphatic heterocycles. The predicted octanol–water partition coefficient (Wildman–Crippen LogP) is 5.20. The monoisotopic (exact) mass is 387 g/mol. The number of aryl methyl sites for hydroxylation is 2. The normalized spacial score (nSPS) is 10.6. The number of thiazole rings is 1. The molecular weight excluding hydrogens is 370 g/mol. The van der Waals surface area contributed by atoms with Crippen LogP contribution >= 0.6 is 22.9 Å². The molecule has 0 aliphatic carbocycles. The summed E-state index contributed by atoms with van der Waals surface area (Å²) in [5.41, 5.74) is 3.85. The highest BCUT2D eigenvalue weighted by Gasteiger charge is 2.10. The lowest BCUT2D eigenvalue weighted by molar-refractivity contribution is -0.147. The van der Waals surface area contributed by atoms with Crippen molar-refractivity contribution < 1.29 is 14.3 Å². The molecule has 0 spiro atoms. The fourth-order valence-corrected chi connectivity index (χ4v) is 3.35. The highest BCUT2D eigenvalue weighted by molar-refractivity contribution is 7.13. The third-order valence-electron chi connectivity index (χ3n) is 3.71. The van der Waals surface area contributed by atoms with Crippen LogP contribution in [0.1, 0.15) is 16.8 Å². The van der Waals surface area contributed by atoms with E-state index in [2.05, 4.69) is 4.98 Å². The SMILES string of the molecule is Cc1ccc(-c2nc(COC(=O)COc3ccc(Cl)cc3C)cs2)cc1. The van der Waals surface area contributed by atoms with E-state index in [0.717, 1.165) is 21.8 Å². The van der Waals surface area contributed by atoms with E-state index in [1.165, 1.54) is 16.9 Å². The van der Waals surface area contributed by atoms with Gasteiger partial charge in [-0.25, -0.2) is 9.78 Å². The first kappa shape index (κ1) is 18.4. The number of halogens is 1. The van der Waals surface area contributed by atoms with Crippen LogP contribution < -0.4 is 4.74 Å². The van der Waals surface area contributed by atoms with Crippen molar-refractivity contribution in [3.8, 4) is 16.3 Å². The fraction of sp³-hybridized carbons (Fsp3) is 0.200. The van der Waals surface area contributed by atoms with Crippen molar-refractivity contribution in [2.24, 2.45) is 0 Å². The third-order valence-corrected chi connectivity index (χ3v) is 4.89. The summed E-state index contributed by atoms with van der Waals surface area (Å²) in [4.78, 5) is 16.4. The topological polar surface area (TPSA) is 48.4 Å². The second kappa shape index (κ2) is 8.34. The molecule has 0 atom stereocenters. The Morgan fingerprint density at radius 2 is 1.92 bits per heavy atom. The molecule has 0 N–H and O–H groups in total. The van der Waals surface area contributed by atoms with E-state index in [0.29, 0.717) is 10.8 Å². The van der Waals surface area contributed by atoms with Gasteiger partial charge in [0, 0.05) is 16.0 Å². The number of esters is 1. The molecule has 6 heteroatoms. The molecule has 2 aromatic carbocycles. The number of benzene rings is 2. The largest absolute Gasteiger partial charge is 0.482 e. The number of nitrogens with zero attached hydrogens (tertiary/aromatic N) is 1. The summed E-state index contributed by atoms with van der Waals surface area (Å²) in [6.07, 6.45) is 0. The maximum absolute atomic E-state index is 11.9. The summed E-state index contributed by atoms with van der Waals surface area (Å²) in [6, 6.07) is 13.4. The standard InChI is InChI=1S/C20H18ClNO3S/c1-13-3-5-15(6-4-13)20-22-17(12-26-20)10-25-19(23)11-24-18-8-7-16(21)9-14(18)2/h3-9,12H,10-11H2,1-2H3. The lowest BCUT2D eigenvalue weighted by Crippen LogP contribution is -2.15. The molecule has 3 rings (SSSR count). The molecular formula is C20H18ClNO3S. The Labute approximate surface area is 161 Å². The van der Waals surface area contributed by atoms with Crippen LogP contribution in [0.5, 0.6) is 5.75 Å². The molecule has 1 aromatic heterocycles. The lowest BCUT2D eigenvalue weighted by atomic mass is 10.2. The minimum absolute atomic E-state index is 0.129. The van der Waals surface area contributed by atoms with Crippen molar-refractivity contribution in [1.82, 2.24) is 4.98 Å². The highest BCUT2D eigenvalue weighted by Crippen LogP contribution is 2.24. The van der Waals surface area contributed by atoms with Gasteiger partial charge in [0.1, 0.15) is 17.4 Å². The molecule has 0 amide bonds. The molecule has 0 saturated carbocycles. The Bertz CT molecular complexity index is 906. The van der Waals surface area contributed by atoms with E-state index in [1.807, 2.05) is 43.5 Å². The quantitative estimate of drug-likeness (QED) is 0.545. The number of carbonyl (C=O) groups excluding carboxylic acids is 1. The molecule has 0 aliphatic rings. The van der Waals surface area contributed by atoms with Crippen LogP contribution in [0.2, 0.25) is 5.02 Å².